The van der Waals surface area contributed by atoms with Crippen LogP contribution in [0.4, 0.5) is 19.0 Å². The molecule has 26 heavy (non-hydrogen) atoms. The molecule has 2 fully saturated rings. The van der Waals surface area contributed by atoms with Crippen molar-refractivity contribution < 1.29 is 22.7 Å². The molecule has 2 aliphatic rings. The second kappa shape index (κ2) is 7.42. The van der Waals surface area contributed by atoms with Gasteiger partial charge in [-0.05, 0) is 31.4 Å². The van der Waals surface area contributed by atoms with E-state index < -0.39 is 11.7 Å². The van der Waals surface area contributed by atoms with E-state index in [4.69, 9.17) is 4.74 Å². The summed E-state index contributed by atoms with van der Waals surface area (Å²) in [6.45, 7) is 2.98. The molecule has 144 valence electrons. The largest absolute Gasteiger partial charge is 0.416 e. The number of pyridine rings is 1. The Bertz CT molecular complexity index is 653. The van der Waals surface area contributed by atoms with Crippen LogP contribution in [0.15, 0.2) is 18.3 Å². The average molecular weight is 371 g/mol. The molecule has 1 spiro atoms. The number of halogens is 3. The topological polar surface area (TPSA) is 45.7 Å². The van der Waals surface area contributed by atoms with E-state index in [1.165, 1.54) is 6.20 Å². The molecular formula is C18H24F3N3O2. The molecule has 5 nitrogen and oxygen atoms in total. The molecule has 0 saturated carbocycles. The maximum Gasteiger partial charge on any atom is 0.416 e. The highest BCUT2D eigenvalue weighted by Gasteiger charge is 2.42. The second-order valence-corrected chi connectivity index (χ2v) is 7.23. The van der Waals surface area contributed by atoms with Crippen molar-refractivity contribution in [2.75, 3.05) is 44.8 Å². The van der Waals surface area contributed by atoms with Crippen LogP contribution in [0.5, 0.6) is 0 Å². The first-order chi connectivity index (χ1) is 12.3. The van der Waals surface area contributed by atoms with E-state index in [-0.39, 0.29) is 11.3 Å². The summed E-state index contributed by atoms with van der Waals surface area (Å²) in [5, 5.41) is 0. The first-order valence-electron chi connectivity index (χ1n) is 8.88. The zero-order chi connectivity index (χ0) is 18.8. The van der Waals surface area contributed by atoms with Crippen molar-refractivity contribution in [3.05, 3.63) is 23.9 Å². The Hall–Kier alpha value is -1.83. The van der Waals surface area contributed by atoms with Gasteiger partial charge in [0.25, 0.3) is 0 Å². The zero-order valence-corrected chi connectivity index (χ0v) is 14.9. The monoisotopic (exact) mass is 371 g/mol. The van der Waals surface area contributed by atoms with Crippen LogP contribution in [0.25, 0.3) is 0 Å². The highest BCUT2D eigenvalue weighted by molar-refractivity contribution is 5.77. The molecule has 0 aliphatic carbocycles. The van der Waals surface area contributed by atoms with Crippen molar-refractivity contribution in [2.24, 2.45) is 5.41 Å². The third-order valence-corrected chi connectivity index (χ3v) is 5.37. The number of alkyl halides is 3. The number of amides is 1. The maximum absolute atomic E-state index is 13.0. The van der Waals surface area contributed by atoms with Crippen LogP contribution in [0.3, 0.4) is 0 Å². The van der Waals surface area contributed by atoms with E-state index in [1.54, 1.807) is 7.11 Å². The molecule has 1 aromatic rings. The maximum atomic E-state index is 13.0. The van der Waals surface area contributed by atoms with E-state index in [2.05, 4.69) is 4.98 Å². The molecule has 3 heterocycles. The molecule has 0 N–H and O–H groups in total. The van der Waals surface area contributed by atoms with Crippen LogP contribution in [0.2, 0.25) is 0 Å². The number of rotatable bonds is 4. The minimum atomic E-state index is -4.38. The normalized spacial score (nSPS) is 24.4. The molecule has 1 amide bonds. The van der Waals surface area contributed by atoms with Crippen molar-refractivity contribution in [3.8, 4) is 0 Å². The van der Waals surface area contributed by atoms with E-state index in [1.807, 2.05) is 9.80 Å². The van der Waals surface area contributed by atoms with Crippen LogP contribution >= 0.6 is 0 Å². The Morgan fingerprint density at radius 3 is 2.85 bits per heavy atom. The Labute approximate surface area is 151 Å². The minimum absolute atomic E-state index is 0.0875. The highest BCUT2D eigenvalue weighted by atomic mass is 19.4. The van der Waals surface area contributed by atoms with Crippen LogP contribution in [0.1, 0.15) is 31.2 Å². The number of carbonyl (C=O) groups excluding carboxylic acids is 1. The van der Waals surface area contributed by atoms with Gasteiger partial charge in [-0.25, -0.2) is 4.98 Å². The number of methoxy groups -OCH3 is 1. The highest BCUT2D eigenvalue weighted by Crippen LogP contribution is 2.40. The van der Waals surface area contributed by atoms with Gasteiger partial charge in [0.05, 0.1) is 12.2 Å². The summed E-state index contributed by atoms with van der Waals surface area (Å²) >= 11 is 0. The molecular weight excluding hydrogens is 347 g/mol. The molecule has 1 aromatic heterocycles. The van der Waals surface area contributed by atoms with Gasteiger partial charge in [0, 0.05) is 51.3 Å². The van der Waals surface area contributed by atoms with E-state index in [0.29, 0.717) is 45.0 Å². The quantitative estimate of drug-likeness (QED) is 0.816. The lowest BCUT2D eigenvalue weighted by molar-refractivity contribution is -0.139. The van der Waals surface area contributed by atoms with Crippen molar-refractivity contribution in [1.82, 2.24) is 9.88 Å². The summed E-state index contributed by atoms with van der Waals surface area (Å²) in [4.78, 5) is 20.1. The average Bonchev–Trinajstić information content (AvgIpc) is 2.62. The van der Waals surface area contributed by atoms with Gasteiger partial charge in [0.15, 0.2) is 0 Å². The van der Waals surface area contributed by atoms with Crippen LogP contribution in [-0.2, 0) is 15.7 Å². The molecule has 2 saturated heterocycles. The number of nitrogens with zero attached hydrogens (tertiary/aromatic N) is 3. The van der Waals surface area contributed by atoms with Gasteiger partial charge in [-0.15, -0.1) is 0 Å². The van der Waals surface area contributed by atoms with Gasteiger partial charge in [0.1, 0.15) is 5.82 Å². The van der Waals surface area contributed by atoms with Gasteiger partial charge in [-0.3, -0.25) is 4.79 Å². The molecule has 1 atom stereocenters. The summed E-state index contributed by atoms with van der Waals surface area (Å²) in [6, 6.07) is 2.12. The lowest BCUT2D eigenvalue weighted by Crippen LogP contribution is -2.54. The first kappa shape index (κ1) is 18.9. The Morgan fingerprint density at radius 2 is 2.12 bits per heavy atom. The fourth-order valence-corrected chi connectivity index (χ4v) is 4.01. The van der Waals surface area contributed by atoms with Gasteiger partial charge >= 0.3 is 6.18 Å². The predicted molar refractivity (Wildman–Crippen MR) is 90.8 cm³/mol. The number of piperidine rings is 2. The number of anilines is 1. The van der Waals surface area contributed by atoms with E-state index >= 15 is 0 Å². The standard InChI is InChI=1S/C18H24F3N3O2/c1-26-10-9-24-13-17(6-3-16(24)25)5-2-8-23(12-17)15-11-14(4-7-22-15)18(19,20)21/h4,7,11H,2-3,5-6,8-10,12-13H2,1H3. The van der Waals surface area contributed by atoms with Gasteiger partial charge < -0.3 is 14.5 Å². The number of ether oxygens (including phenoxy) is 1. The predicted octanol–water partition coefficient (Wildman–Crippen LogP) is 2.96. The molecule has 1 unspecified atom stereocenters. The summed E-state index contributed by atoms with van der Waals surface area (Å²) in [7, 11) is 1.60. The van der Waals surface area contributed by atoms with Gasteiger partial charge in [-0.1, -0.05) is 0 Å². The molecule has 0 bridgehead atoms. The second-order valence-electron chi connectivity index (χ2n) is 7.23. The summed E-state index contributed by atoms with van der Waals surface area (Å²) < 4.78 is 44.1. The first-order valence-corrected chi connectivity index (χ1v) is 8.88. The smallest absolute Gasteiger partial charge is 0.383 e. The zero-order valence-electron chi connectivity index (χ0n) is 14.9. The summed E-state index contributed by atoms with van der Waals surface area (Å²) in [5.74, 6) is 0.487. The fraction of sp³-hybridized carbons (Fsp3) is 0.667. The minimum Gasteiger partial charge on any atom is -0.383 e. The lowest BCUT2D eigenvalue weighted by atomic mass is 9.73. The van der Waals surface area contributed by atoms with Crippen molar-refractivity contribution in [3.63, 3.8) is 0 Å². The van der Waals surface area contributed by atoms with Crippen LogP contribution < -0.4 is 4.90 Å². The van der Waals surface area contributed by atoms with Crippen LogP contribution in [-0.4, -0.2) is 55.7 Å². The molecule has 0 aromatic carbocycles. The van der Waals surface area contributed by atoms with Crippen molar-refractivity contribution in [2.45, 2.75) is 31.9 Å². The van der Waals surface area contributed by atoms with Crippen LogP contribution in [0, 0.1) is 5.41 Å². The van der Waals surface area contributed by atoms with Crippen molar-refractivity contribution in [1.29, 1.82) is 0 Å². The Balaban J connectivity index is 1.76. The number of aromatic nitrogens is 1. The molecule has 2 aliphatic heterocycles. The third-order valence-electron chi connectivity index (χ3n) is 5.37. The Morgan fingerprint density at radius 1 is 1.31 bits per heavy atom. The van der Waals surface area contributed by atoms with E-state index in [0.717, 1.165) is 31.4 Å². The number of hydrogen-bond donors (Lipinski definition) is 0. The summed E-state index contributed by atoms with van der Waals surface area (Å²) in [5.41, 5.74) is -0.766. The SMILES string of the molecule is COCCN1CC2(CCCN(c3cc(C(F)(F)F)ccn3)C2)CCC1=O. The van der Waals surface area contributed by atoms with E-state index in [9.17, 15) is 18.0 Å². The fourth-order valence-electron chi connectivity index (χ4n) is 4.01. The van der Waals surface area contributed by atoms with Gasteiger partial charge in [0.2, 0.25) is 5.91 Å². The number of hydrogen-bond acceptors (Lipinski definition) is 4. The molecule has 3 rings (SSSR count). The molecule has 0 radical (unpaired) electrons. The number of carbonyl (C=O) groups is 1. The number of likely N-dealkylation sites (tertiary alicyclic amines) is 1. The summed E-state index contributed by atoms with van der Waals surface area (Å²) in [6.07, 6.45) is -0.0596. The third kappa shape index (κ3) is 4.11. The van der Waals surface area contributed by atoms with Gasteiger partial charge in [-0.2, -0.15) is 13.2 Å². The molecule has 8 heteroatoms. The lowest BCUT2D eigenvalue weighted by Gasteiger charge is -2.48. The Kier molecular flexibility index (Phi) is 5.41. The van der Waals surface area contributed by atoms with Crippen molar-refractivity contribution >= 4 is 11.7 Å².